The zero-order valence-corrected chi connectivity index (χ0v) is 13.3. The van der Waals surface area contributed by atoms with E-state index in [1.807, 2.05) is 19.1 Å². The number of halogens is 1. The molecule has 0 N–H and O–H groups in total. The Bertz CT molecular complexity index is 605. The average molecular weight is 308 g/mol. The number of benzene rings is 1. The van der Waals surface area contributed by atoms with Crippen LogP contribution in [0.5, 0.6) is 5.75 Å². The first kappa shape index (κ1) is 14.5. The molecule has 1 aliphatic heterocycles. The van der Waals surface area contributed by atoms with Gasteiger partial charge in [0.05, 0.1) is 12.1 Å². The lowest BCUT2D eigenvalue weighted by Crippen LogP contribution is -2.40. The lowest BCUT2D eigenvalue weighted by atomic mass is 10.2. The van der Waals surface area contributed by atoms with E-state index in [1.165, 1.54) is 19.3 Å². The van der Waals surface area contributed by atoms with E-state index in [-0.39, 0.29) is 0 Å². The molecule has 2 aromatic rings. The smallest absolute Gasteiger partial charge is 0.147 e. The minimum atomic E-state index is 0.584. The van der Waals surface area contributed by atoms with E-state index in [2.05, 4.69) is 15.8 Å². The van der Waals surface area contributed by atoms with Crippen LogP contribution in [-0.2, 0) is 6.42 Å². The first-order chi connectivity index (χ1) is 10.3. The molecule has 2 heterocycles. The number of hydrogen-bond donors (Lipinski definition) is 0. The number of aromatic nitrogens is 2. The van der Waals surface area contributed by atoms with Crippen molar-refractivity contribution < 1.29 is 4.74 Å². The van der Waals surface area contributed by atoms with Crippen LogP contribution in [0.4, 0.5) is 0 Å². The van der Waals surface area contributed by atoms with Crippen molar-refractivity contribution in [3.63, 3.8) is 0 Å². The van der Waals surface area contributed by atoms with Crippen LogP contribution in [0.1, 0.15) is 32.0 Å². The molecule has 0 saturated carbocycles. The van der Waals surface area contributed by atoms with Gasteiger partial charge >= 0.3 is 0 Å². The summed E-state index contributed by atoms with van der Waals surface area (Å²) in [6.45, 7) is 4.82. The monoisotopic (exact) mass is 307 g/mol. The molecular weight excluding hydrogens is 286 g/mol. The summed E-state index contributed by atoms with van der Waals surface area (Å²) in [5.41, 5.74) is 2.08. The number of ether oxygens (including phenoxy) is 1. The maximum Gasteiger partial charge on any atom is 0.147 e. The van der Waals surface area contributed by atoms with Gasteiger partial charge < -0.3 is 9.75 Å². The summed E-state index contributed by atoms with van der Waals surface area (Å²) >= 11 is 5.97. The molecule has 0 radical (unpaired) electrons. The zero-order valence-electron chi connectivity index (χ0n) is 12.5. The highest BCUT2D eigenvalue weighted by Crippen LogP contribution is 2.27. The van der Waals surface area contributed by atoms with E-state index in [4.69, 9.17) is 21.3 Å². The number of nitrogens with zero attached hydrogens (tertiary/aromatic N) is 3. The first-order valence-corrected chi connectivity index (χ1v) is 8.33. The molecule has 0 aliphatic carbocycles. The number of imidazole rings is 1. The summed E-state index contributed by atoms with van der Waals surface area (Å²) in [6.07, 6.45) is 4.58. The number of rotatable bonds is 5. The molecule has 0 unspecified atom stereocenters. The number of aryl methyl sites for hydroxylation is 1. The minimum absolute atomic E-state index is 0.584. The fraction of sp³-hybridized carbons (Fsp3) is 0.562. The van der Waals surface area contributed by atoms with Crippen molar-refractivity contribution in [2.24, 2.45) is 0 Å². The summed E-state index contributed by atoms with van der Waals surface area (Å²) in [4.78, 5) is 4.81. The lowest BCUT2D eigenvalue weighted by molar-refractivity contribution is 0.343. The highest BCUT2D eigenvalue weighted by atomic mass is 35.5. The molecule has 0 amide bonds. The topological polar surface area (TPSA) is 30.3 Å². The maximum atomic E-state index is 5.97. The van der Waals surface area contributed by atoms with Crippen LogP contribution in [0, 0.1) is 0 Å². The van der Waals surface area contributed by atoms with Crippen molar-refractivity contribution in [3.05, 3.63) is 24.0 Å². The van der Waals surface area contributed by atoms with Gasteiger partial charge in [0.15, 0.2) is 0 Å². The van der Waals surface area contributed by atoms with Crippen LogP contribution in [0.15, 0.2) is 18.2 Å². The molecule has 1 aliphatic rings. The van der Waals surface area contributed by atoms with Crippen molar-refractivity contribution in [1.82, 2.24) is 9.66 Å². The zero-order chi connectivity index (χ0) is 14.7. The lowest BCUT2D eigenvalue weighted by Gasteiger charge is -2.31. The molecule has 21 heavy (non-hydrogen) atoms. The molecule has 1 saturated heterocycles. The van der Waals surface area contributed by atoms with Gasteiger partial charge in [-0.1, -0.05) is 6.07 Å². The fourth-order valence-electron chi connectivity index (χ4n) is 3.02. The highest BCUT2D eigenvalue weighted by Gasteiger charge is 2.19. The van der Waals surface area contributed by atoms with Crippen molar-refractivity contribution in [3.8, 4) is 5.75 Å². The van der Waals surface area contributed by atoms with Gasteiger partial charge in [0.25, 0.3) is 0 Å². The normalized spacial score (nSPS) is 15.6. The molecule has 5 heteroatoms. The minimum Gasteiger partial charge on any atom is -0.492 e. The molecule has 1 aromatic carbocycles. The van der Waals surface area contributed by atoms with Gasteiger partial charge in [0, 0.05) is 25.4 Å². The first-order valence-electron chi connectivity index (χ1n) is 7.79. The van der Waals surface area contributed by atoms with Crippen molar-refractivity contribution in [1.29, 1.82) is 0 Å². The Morgan fingerprint density at radius 1 is 1.24 bits per heavy atom. The van der Waals surface area contributed by atoms with Gasteiger partial charge in [-0.25, -0.2) is 9.66 Å². The standard InChI is InChI=1S/C16H22ClN3O/c1-2-21-14-8-6-7-13-16(14)18-15(9-10-17)20(13)19-11-4-3-5-12-19/h6-8H,2-5,9-12H2,1H3. The van der Waals surface area contributed by atoms with Gasteiger partial charge in [-0.05, 0) is 38.3 Å². The average Bonchev–Trinajstić information content (AvgIpc) is 2.88. The second kappa shape index (κ2) is 6.56. The number of hydrogen-bond acceptors (Lipinski definition) is 3. The van der Waals surface area contributed by atoms with E-state index in [0.29, 0.717) is 12.5 Å². The third kappa shape index (κ3) is 2.82. The maximum absolute atomic E-state index is 5.97. The third-order valence-corrected chi connectivity index (χ3v) is 4.11. The molecule has 1 aromatic heterocycles. The molecule has 3 rings (SSSR count). The van der Waals surface area contributed by atoms with E-state index in [9.17, 15) is 0 Å². The predicted octanol–water partition coefficient (Wildman–Crippen LogP) is 3.34. The van der Waals surface area contributed by atoms with Gasteiger partial charge in [-0.3, -0.25) is 0 Å². The van der Waals surface area contributed by atoms with Crippen LogP contribution in [0.25, 0.3) is 11.0 Å². The second-order valence-electron chi connectivity index (χ2n) is 5.35. The Kier molecular flexibility index (Phi) is 4.54. The van der Waals surface area contributed by atoms with E-state index < -0.39 is 0 Å². The van der Waals surface area contributed by atoms with Gasteiger partial charge in [0.1, 0.15) is 17.1 Å². The van der Waals surface area contributed by atoms with Crippen molar-refractivity contribution >= 4 is 22.6 Å². The molecule has 1 fully saturated rings. The number of fused-ring (bicyclic) bond motifs is 1. The van der Waals surface area contributed by atoms with Gasteiger partial charge in [-0.2, -0.15) is 0 Å². The molecule has 0 bridgehead atoms. The largest absolute Gasteiger partial charge is 0.492 e. The third-order valence-electron chi connectivity index (χ3n) is 3.92. The number of piperidine rings is 1. The fourth-order valence-corrected chi connectivity index (χ4v) is 3.19. The summed E-state index contributed by atoms with van der Waals surface area (Å²) < 4.78 is 7.99. The van der Waals surface area contributed by atoms with E-state index >= 15 is 0 Å². The van der Waals surface area contributed by atoms with Crippen LogP contribution in [0.3, 0.4) is 0 Å². The predicted molar refractivity (Wildman–Crippen MR) is 87.1 cm³/mol. The van der Waals surface area contributed by atoms with Crippen LogP contribution >= 0.6 is 11.6 Å². The van der Waals surface area contributed by atoms with E-state index in [0.717, 1.165) is 42.1 Å². The van der Waals surface area contributed by atoms with Crippen LogP contribution < -0.4 is 9.75 Å². The summed E-state index contributed by atoms with van der Waals surface area (Å²) in [6, 6.07) is 6.15. The summed E-state index contributed by atoms with van der Waals surface area (Å²) in [5, 5.41) is 2.40. The van der Waals surface area contributed by atoms with Crippen molar-refractivity contribution in [2.45, 2.75) is 32.6 Å². The Hall–Kier alpha value is -1.42. The number of para-hydroxylation sites is 1. The molecule has 4 nitrogen and oxygen atoms in total. The van der Waals surface area contributed by atoms with Crippen LogP contribution in [-0.4, -0.2) is 35.2 Å². The van der Waals surface area contributed by atoms with E-state index in [1.54, 1.807) is 0 Å². The SMILES string of the molecule is CCOc1cccc2c1nc(CCCl)n2N1CCCCC1. The Balaban J connectivity index is 2.10. The molecule has 0 atom stereocenters. The highest BCUT2D eigenvalue weighted by molar-refractivity contribution is 6.17. The Labute approximate surface area is 130 Å². The van der Waals surface area contributed by atoms with Gasteiger partial charge in [-0.15, -0.1) is 11.6 Å². The summed E-state index contributed by atoms with van der Waals surface area (Å²) in [5.74, 6) is 2.48. The Morgan fingerprint density at radius 2 is 2.05 bits per heavy atom. The van der Waals surface area contributed by atoms with Crippen molar-refractivity contribution in [2.75, 3.05) is 30.6 Å². The summed E-state index contributed by atoms with van der Waals surface area (Å²) in [7, 11) is 0. The number of alkyl halides is 1. The second-order valence-corrected chi connectivity index (χ2v) is 5.73. The quantitative estimate of drug-likeness (QED) is 0.794. The van der Waals surface area contributed by atoms with Crippen LogP contribution in [0.2, 0.25) is 0 Å². The molecule has 0 spiro atoms. The Morgan fingerprint density at radius 3 is 2.76 bits per heavy atom. The molecule has 114 valence electrons. The molecular formula is C16H22ClN3O. The van der Waals surface area contributed by atoms with Gasteiger partial charge in [0.2, 0.25) is 0 Å².